The first-order valence-electron chi connectivity index (χ1n) is 7.76. The standard InChI is InChI=1S/C17H19ClN4O/c1-12-3-2-8-22(10-12)16-9-15(19-11-20-16)17(23)21-14-6-4-13(18)5-7-14/h4-7,9,11-12H,2-3,8,10H2,1H3,(H,21,23). The first-order chi connectivity index (χ1) is 11.1. The Labute approximate surface area is 140 Å². The van der Waals surface area contributed by atoms with Crippen molar-refractivity contribution in [2.45, 2.75) is 19.8 Å². The summed E-state index contributed by atoms with van der Waals surface area (Å²) in [7, 11) is 0. The van der Waals surface area contributed by atoms with E-state index in [1.807, 2.05) is 0 Å². The van der Waals surface area contributed by atoms with Crippen molar-refractivity contribution in [2.75, 3.05) is 23.3 Å². The van der Waals surface area contributed by atoms with Gasteiger partial charge in [-0.2, -0.15) is 0 Å². The second-order valence-electron chi connectivity index (χ2n) is 5.92. The van der Waals surface area contributed by atoms with Crippen molar-refractivity contribution in [3.8, 4) is 0 Å². The second kappa shape index (κ2) is 6.96. The molecule has 2 aromatic rings. The second-order valence-corrected chi connectivity index (χ2v) is 6.35. The van der Waals surface area contributed by atoms with E-state index >= 15 is 0 Å². The Hall–Kier alpha value is -2.14. The molecule has 1 atom stereocenters. The Morgan fingerprint density at radius 2 is 2.09 bits per heavy atom. The maximum atomic E-state index is 12.3. The number of nitrogens with zero attached hydrogens (tertiary/aromatic N) is 3. The van der Waals surface area contributed by atoms with Gasteiger partial charge in [0, 0.05) is 29.9 Å². The van der Waals surface area contributed by atoms with Crippen molar-refractivity contribution < 1.29 is 4.79 Å². The average molecular weight is 331 g/mol. The Morgan fingerprint density at radius 1 is 1.30 bits per heavy atom. The van der Waals surface area contributed by atoms with Crippen LogP contribution in [0.1, 0.15) is 30.3 Å². The number of halogens is 1. The van der Waals surface area contributed by atoms with E-state index in [-0.39, 0.29) is 5.91 Å². The number of hydrogen-bond acceptors (Lipinski definition) is 4. The summed E-state index contributed by atoms with van der Waals surface area (Å²) < 4.78 is 0. The van der Waals surface area contributed by atoms with Crippen molar-refractivity contribution in [3.05, 3.63) is 47.4 Å². The fourth-order valence-electron chi connectivity index (χ4n) is 2.77. The van der Waals surface area contributed by atoms with Crippen molar-refractivity contribution in [1.29, 1.82) is 0 Å². The van der Waals surface area contributed by atoms with Crippen LogP contribution in [0.25, 0.3) is 0 Å². The molecule has 0 aliphatic carbocycles. The van der Waals surface area contributed by atoms with Crippen LogP contribution >= 0.6 is 11.6 Å². The molecule has 0 spiro atoms. The van der Waals surface area contributed by atoms with Gasteiger partial charge in [0.15, 0.2) is 0 Å². The van der Waals surface area contributed by atoms with E-state index < -0.39 is 0 Å². The van der Waals surface area contributed by atoms with Gasteiger partial charge in [-0.05, 0) is 43.0 Å². The summed E-state index contributed by atoms with van der Waals surface area (Å²) in [6.45, 7) is 4.18. The summed E-state index contributed by atoms with van der Waals surface area (Å²) >= 11 is 5.84. The van der Waals surface area contributed by atoms with E-state index in [1.165, 1.54) is 12.7 Å². The number of anilines is 2. The topological polar surface area (TPSA) is 58.1 Å². The van der Waals surface area contributed by atoms with Crippen LogP contribution in [0, 0.1) is 5.92 Å². The first kappa shape index (κ1) is 15.7. The van der Waals surface area contributed by atoms with E-state index in [2.05, 4.69) is 27.1 Å². The minimum atomic E-state index is -0.249. The molecular weight excluding hydrogens is 312 g/mol. The molecule has 1 N–H and O–H groups in total. The molecule has 1 fully saturated rings. The summed E-state index contributed by atoms with van der Waals surface area (Å²) in [6.07, 6.45) is 3.84. The van der Waals surface area contributed by atoms with Crippen LogP contribution < -0.4 is 10.2 Å². The molecule has 120 valence electrons. The van der Waals surface area contributed by atoms with Crippen LogP contribution in [-0.4, -0.2) is 29.0 Å². The van der Waals surface area contributed by atoms with Crippen molar-refractivity contribution in [2.24, 2.45) is 5.92 Å². The maximum Gasteiger partial charge on any atom is 0.274 e. The van der Waals surface area contributed by atoms with E-state index in [4.69, 9.17) is 11.6 Å². The predicted octanol–water partition coefficient (Wildman–Crippen LogP) is 3.62. The van der Waals surface area contributed by atoms with E-state index in [1.54, 1.807) is 30.3 Å². The Balaban J connectivity index is 1.73. The number of carbonyl (C=O) groups excluding carboxylic acids is 1. The highest BCUT2D eigenvalue weighted by molar-refractivity contribution is 6.30. The molecule has 6 heteroatoms. The van der Waals surface area contributed by atoms with Gasteiger partial charge in [0.2, 0.25) is 0 Å². The molecule has 2 heterocycles. The van der Waals surface area contributed by atoms with E-state index in [0.717, 1.165) is 25.3 Å². The number of piperidine rings is 1. The molecule has 1 aromatic carbocycles. The average Bonchev–Trinajstić information content (AvgIpc) is 2.57. The minimum Gasteiger partial charge on any atom is -0.356 e. The number of hydrogen-bond donors (Lipinski definition) is 1. The zero-order chi connectivity index (χ0) is 16.2. The molecule has 0 saturated carbocycles. The maximum absolute atomic E-state index is 12.3. The lowest BCUT2D eigenvalue weighted by Gasteiger charge is -2.31. The molecule has 3 rings (SSSR count). The van der Waals surface area contributed by atoms with Gasteiger partial charge < -0.3 is 10.2 Å². The van der Waals surface area contributed by atoms with Crippen LogP contribution in [0.5, 0.6) is 0 Å². The summed E-state index contributed by atoms with van der Waals surface area (Å²) in [5.74, 6) is 1.21. The zero-order valence-corrected chi connectivity index (χ0v) is 13.8. The van der Waals surface area contributed by atoms with E-state index in [9.17, 15) is 4.79 Å². The SMILES string of the molecule is CC1CCCN(c2cc(C(=O)Nc3ccc(Cl)cc3)ncn2)C1. The fourth-order valence-corrected chi connectivity index (χ4v) is 2.90. The number of aromatic nitrogens is 2. The van der Waals surface area contributed by atoms with Crippen LogP contribution in [0.2, 0.25) is 5.02 Å². The molecule has 1 aliphatic rings. The lowest BCUT2D eigenvalue weighted by Crippen LogP contribution is -2.35. The number of amides is 1. The van der Waals surface area contributed by atoms with Gasteiger partial charge in [-0.1, -0.05) is 18.5 Å². The van der Waals surface area contributed by atoms with Gasteiger partial charge in [0.25, 0.3) is 5.91 Å². The number of benzene rings is 1. The van der Waals surface area contributed by atoms with Gasteiger partial charge in [0.1, 0.15) is 17.8 Å². The fraction of sp³-hybridized carbons (Fsp3) is 0.353. The molecule has 1 aliphatic heterocycles. The van der Waals surface area contributed by atoms with E-state index in [0.29, 0.717) is 22.3 Å². The Kier molecular flexibility index (Phi) is 4.76. The summed E-state index contributed by atoms with van der Waals surface area (Å²) in [5, 5.41) is 3.45. The smallest absolute Gasteiger partial charge is 0.274 e. The highest BCUT2D eigenvalue weighted by Gasteiger charge is 2.19. The lowest BCUT2D eigenvalue weighted by atomic mass is 10.0. The largest absolute Gasteiger partial charge is 0.356 e. The van der Waals surface area contributed by atoms with Crippen LogP contribution in [-0.2, 0) is 0 Å². The van der Waals surface area contributed by atoms with Crippen LogP contribution in [0.3, 0.4) is 0 Å². The van der Waals surface area contributed by atoms with Crippen molar-refractivity contribution >= 4 is 29.0 Å². The van der Waals surface area contributed by atoms with Gasteiger partial charge in [-0.15, -0.1) is 0 Å². The zero-order valence-electron chi connectivity index (χ0n) is 13.0. The minimum absolute atomic E-state index is 0.249. The number of rotatable bonds is 3. The van der Waals surface area contributed by atoms with Crippen LogP contribution in [0.15, 0.2) is 36.7 Å². The third-order valence-corrected chi connectivity index (χ3v) is 4.22. The molecule has 1 saturated heterocycles. The summed E-state index contributed by atoms with van der Waals surface area (Å²) in [6, 6.07) is 8.74. The van der Waals surface area contributed by atoms with Gasteiger partial charge in [0.05, 0.1) is 0 Å². The molecule has 0 radical (unpaired) electrons. The van der Waals surface area contributed by atoms with Crippen molar-refractivity contribution in [3.63, 3.8) is 0 Å². The van der Waals surface area contributed by atoms with Crippen molar-refractivity contribution in [1.82, 2.24) is 9.97 Å². The lowest BCUT2D eigenvalue weighted by molar-refractivity contribution is 0.102. The monoisotopic (exact) mass is 330 g/mol. The predicted molar refractivity (Wildman–Crippen MR) is 92.0 cm³/mol. The molecule has 0 bridgehead atoms. The first-order valence-corrected chi connectivity index (χ1v) is 8.13. The Bertz CT molecular complexity index is 689. The molecule has 1 amide bonds. The molecule has 1 unspecified atom stereocenters. The highest BCUT2D eigenvalue weighted by atomic mass is 35.5. The third kappa shape index (κ3) is 3.99. The molecule has 1 aromatic heterocycles. The molecular formula is C17H19ClN4O. The highest BCUT2D eigenvalue weighted by Crippen LogP contribution is 2.21. The molecule has 5 nitrogen and oxygen atoms in total. The number of nitrogens with one attached hydrogen (secondary N) is 1. The third-order valence-electron chi connectivity index (χ3n) is 3.97. The van der Waals surface area contributed by atoms with Gasteiger partial charge in [-0.25, -0.2) is 9.97 Å². The van der Waals surface area contributed by atoms with Gasteiger partial charge >= 0.3 is 0 Å². The van der Waals surface area contributed by atoms with Crippen LogP contribution in [0.4, 0.5) is 11.5 Å². The summed E-state index contributed by atoms with van der Waals surface area (Å²) in [5.41, 5.74) is 1.05. The van der Waals surface area contributed by atoms with Gasteiger partial charge in [-0.3, -0.25) is 4.79 Å². The number of carbonyl (C=O) groups is 1. The quantitative estimate of drug-likeness (QED) is 0.933. The summed E-state index contributed by atoms with van der Waals surface area (Å²) in [4.78, 5) is 23.0. The normalized spacial score (nSPS) is 17.8. The Morgan fingerprint density at radius 3 is 2.83 bits per heavy atom. The molecule has 23 heavy (non-hydrogen) atoms.